The van der Waals surface area contributed by atoms with Crippen LogP contribution in [-0.2, 0) is 0 Å². The Morgan fingerprint density at radius 3 is 2.00 bits per heavy atom. The number of fused-ring (bicyclic) bond motifs is 1. The van der Waals surface area contributed by atoms with E-state index in [1.807, 2.05) is 0 Å². The van der Waals surface area contributed by atoms with E-state index in [1.54, 1.807) is 49.9 Å². The lowest BCUT2D eigenvalue weighted by atomic mass is 9.60. The molecule has 0 aromatic heterocycles. The van der Waals surface area contributed by atoms with Crippen LogP contribution in [0.4, 0.5) is 0 Å². The van der Waals surface area contributed by atoms with Gasteiger partial charge in [0, 0.05) is 5.56 Å². The Morgan fingerprint density at radius 2 is 1.73 bits per heavy atom. The monoisotopic (exact) mass is 200 g/mol. The fourth-order valence-electron chi connectivity index (χ4n) is 2.16. The van der Waals surface area contributed by atoms with Crippen LogP contribution in [0.2, 0.25) is 0 Å². The molecule has 1 heteroatoms. The average Bonchev–Trinajstić information content (AvgIpc) is 2.24. The molecular weight excluding hydrogens is 184 g/mol. The predicted octanol–water partition coefficient (Wildman–Crippen LogP) is 3.18. The van der Waals surface area contributed by atoms with Crippen LogP contribution < -0.4 is 0 Å². The van der Waals surface area contributed by atoms with Crippen molar-refractivity contribution in [2.75, 3.05) is 0 Å². The number of phenols is 1. The molecule has 1 aromatic rings. The summed E-state index contributed by atoms with van der Waals surface area (Å²) in [6, 6.07) is 6.60. The lowest BCUT2D eigenvalue weighted by Gasteiger charge is -2.46. The first-order chi connectivity index (χ1) is 7.29. The van der Waals surface area contributed by atoms with E-state index < -0.39 is 0 Å². The molecule has 2 saturated carbocycles. The molecule has 2 fully saturated rings. The Labute approximate surface area is 91.1 Å². The normalized spacial score (nSPS) is 25.8. The summed E-state index contributed by atoms with van der Waals surface area (Å²) in [6.45, 7) is 0. The molecule has 0 heterocycles. The van der Waals surface area contributed by atoms with E-state index in [9.17, 15) is 0 Å². The van der Waals surface area contributed by atoms with Crippen molar-refractivity contribution in [3.63, 3.8) is 0 Å². The maximum atomic E-state index is 8.85. The molecule has 0 saturated heterocycles. The van der Waals surface area contributed by atoms with E-state index >= 15 is 0 Å². The highest BCUT2D eigenvalue weighted by atomic mass is 16.3. The fraction of sp³-hybridized carbons (Fsp3) is 0.429. The maximum absolute atomic E-state index is 8.85. The van der Waals surface area contributed by atoms with Gasteiger partial charge < -0.3 is 5.11 Å². The molecule has 0 unspecified atom stereocenters. The summed E-state index contributed by atoms with van der Waals surface area (Å²) >= 11 is 0. The Kier molecular flexibility index (Phi) is 2.97. The summed E-state index contributed by atoms with van der Waals surface area (Å²) in [5.74, 6) is 5.05. The number of phenolic OH excluding ortho intramolecular Hbond substituents is 1. The van der Waals surface area contributed by atoms with Gasteiger partial charge in [-0.3, -0.25) is 0 Å². The van der Waals surface area contributed by atoms with Gasteiger partial charge in [0.15, 0.2) is 0 Å². The van der Waals surface area contributed by atoms with E-state index in [0.717, 1.165) is 0 Å². The minimum Gasteiger partial charge on any atom is -0.508 e. The van der Waals surface area contributed by atoms with E-state index in [0.29, 0.717) is 5.56 Å². The molecule has 0 spiro atoms. The van der Waals surface area contributed by atoms with Crippen molar-refractivity contribution in [1.82, 2.24) is 0 Å². The van der Waals surface area contributed by atoms with Gasteiger partial charge in [-0.05, 0) is 55.7 Å². The standard InChI is InChI=1S/C8H6O.C6H10/c1-2-7-4-3-5-8(9)6-7;1-2-6-4-3-5(1)6/h1,3-6,9H;5-6H,1-4H2. The molecule has 2 aliphatic carbocycles. The van der Waals surface area contributed by atoms with Gasteiger partial charge in [0.2, 0.25) is 0 Å². The van der Waals surface area contributed by atoms with Crippen LogP contribution in [0.1, 0.15) is 31.2 Å². The van der Waals surface area contributed by atoms with Crippen LogP contribution in [0.3, 0.4) is 0 Å². The Morgan fingerprint density at radius 1 is 1.13 bits per heavy atom. The van der Waals surface area contributed by atoms with Crippen LogP contribution in [0.15, 0.2) is 24.3 Å². The second-order valence-corrected chi connectivity index (χ2v) is 4.37. The molecule has 1 nitrogen and oxygen atoms in total. The summed E-state index contributed by atoms with van der Waals surface area (Å²) in [7, 11) is 0. The zero-order chi connectivity index (χ0) is 10.7. The molecule has 0 aliphatic heterocycles. The van der Waals surface area contributed by atoms with Gasteiger partial charge in [-0.2, -0.15) is 0 Å². The summed E-state index contributed by atoms with van der Waals surface area (Å²) < 4.78 is 0. The molecule has 1 aromatic carbocycles. The largest absolute Gasteiger partial charge is 0.508 e. The summed E-state index contributed by atoms with van der Waals surface area (Å²) in [5.41, 5.74) is 0.704. The first-order valence-corrected chi connectivity index (χ1v) is 5.55. The third kappa shape index (κ3) is 2.33. The zero-order valence-electron chi connectivity index (χ0n) is 8.82. The van der Waals surface area contributed by atoms with E-state index in [1.165, 1.54) is 11.8 Å². The Balaban J connectivity index is 0.000000121. The molecule has 3 rings (SSSR count). The topological polar surface area (TPSA) is 20.2 Å². The minimum absolute atomic E-state index is 0.213. The highest BCUT2D eigenvalue weighted by molar-refractivity contribution is 5.37. The number of aromatic hydroxyl groups is 1. The summed E-state index contributed by atoms with van der Waals surface area (Å²) in [4.78, 5) is 0. The van der Waals surface area contributed by atoms with E-state index in [-0.39, 0.29) is 5.75 Å². The van der Waals surface area contributed by atoms with Crippen LogP contribution in [0, 0.1) is 24.2 Å². The molecule has 0 atom stereocenters. The number of terminal acetylenes is 1. The predicted molar refractivity (Wildman–Crippen MR) is 61.5 cm³/mol. The van der Waals surface area contributed by atoms with Gasteiger partial charge in [-0.1, -0.05) is 12.0 Å². The quantitative estimate of drug-likeness (QED) is 0.638. The van der Waals surface area contributed by atoms with Crippen LogP contribution in [0.5, 0.6) is 5.75 Å². The number of hydrogen-bond acceptors (Lipinski definition) is 1. The molecule has 15 heavy (non-hydrogen) atoms. The van der Waals surface area contributed by atoms with Gasteiger partial charge in [-0.25, -0.2) is 0 Å². The minimum atomic E-state index is 0.213. The van der Waals surface area contributed by atoms with E-state index in [4.69, 9.17) is 11.5 Å². The van der Waals surface area contributed by atoms with Gasteiger partial charge >= 0.3 is 0 Å². The molecule has 0 bridgehead atoms. The molecule has 0 radical (unpaired) electrons. The van der Waals surface area contributed by atoms with Crippen LogP contribution in [-0.4, -0.2) is 5.11 Å². The zero-order valence-corrected chi connectivity index (χ0v) is 8.82. The van der Waals surface area contributed by atoms with E-state index in [2.05, 4.69) is 5.92 Å². The van der Waals surface area contributed by atoms with Crippen molar-refractivity contribution in [2.45, 2.75) is 25.7 Å². The number of benzene rings is 1. The smallest absolute Gasteiger partial charge is 0.116 e. The molecular formula is C14H16O. The molecule has 78 valence electrons. The first kappa shape index (κ1) is 10.1. The van der Waals surface area contributed by atoms with Gasteiger partial charge in [-0.15, -0.1) is 6.42 Å². The van der Waals surface area contributed by atoms with Crippen LogP contribution >= 0.6 is 0 Å². The molecule has 2 aliphatic rings. The van der Waals surface area contributed by atoms with Crippen molar-refractivity contribution in [2.24, 2.45) is 11.8 Å². The van der Waals surface area contributed by atoms with Gasteiger partial charge in [0.05, 0.1) is 0 Å². The highest BCUT2D eigenvalue weighted by Gasteiger charge is 2.37. The van der Waals surface area contributed by atoms with Crippen molar-refractivity contribution in [3.05, 3.63) is 29.8 Å². The Bertz CT molecular complexity index is 357. The number of rotatable bonds is 0. The second-order valence-electron chi connectivity index (χ2n) is 4.37. The third-order valence-corrected chi connectivity index (χ3v) is 3.50. The average molecular weight is 200 g/mol. The van der Waals surface area contributed by atoms with Crippen molar-refractivity contribution in [1.29, 1.82) is 0 Å². The SMILES string of the molecule is C#Cc1cccc(O)c1.C1CC2CCC12. The summed E-state index contributed by atoms with van der Waals surface area (Å²) in [6.07, 6.45) is 11.3. The van der Waals surface area contributed by atoms with Crippen LogP contribution in [0.25, 0.3) is 0 Å². The maximum Gasteiger partial charge on any atom is 0.116 e. The van der Waals surface area contributed by atoms with Gasteiger partial charge in [0.1, 0.15) is 5.75 Å². The fourth-order valence-corrected chi connectivity index (χ4v) is 2.16. The third-order valence-electron chi connectivity index (χ3n) is 3.50. The van der Waals surface area contributed by atoms with Crippen molar-refractivity contribution >= 4 is 0 Å². The lowest BCUT2D eigenvalue weighted by Crippen LogP contribution is -2.34. The summed E-state index contributed by atoms with van der Waals surface area (Å²) in [5, 5.41) is 8.85. The molecule has 1 N–H and O–H groups in total. The van der Waals surface area contributed by atoms with Crippen molar-refractivity contribution < 1.29 is 5.11 Å². The van der Waals surface area contributed by atoms with Crippen molar-refractivity contribution in [3.8, 4) is 18.1 Å². The molecule has 0 amide bonds. The second kappa shape index (κ2) is 4.40. The Hall–Kier alpha value is -1.42. The first-order valence-electron chi connectivity index (χ1n) is 5.55. The highest BCUT2D eigenvalue weighted by Crippen LogP contribution is 2.49. The number of hydrogen-bond donors (Lipinski definition) is 1. The van der Waals surface area contributed by atoms with Gasteiger partial charge in [0.25, 0.3) is 0 Å². The lowest BCUT2D eigenvalue weighted by molar-refractivity contribution is 0.0548.